The molecule has 2 N–H and O–H groups in total. The number of amides is 1. The quantitative estimate of drug-likeness (QED) is 0.723. The van der Waals surface area contributed by atoms with Crippen LogP contribution in [0, 0.1) is 11.8 Å². The molecule has 1 amide bonds. The Bertz CT molecular complexity index is 499. The van der Waals surface area contributed by atoms with Crippen LogP contribution in [0.4, 0.5) is 0 Å². The van der Waals surface area contributed by atoms with Crippen molar-refractivity contribution in [3.8, 4) is 0 Å². The lowest BCUT2D eigenvalue weighted by Gasteiger charge is -2.28. The number of carbonyl (C=O) groups excluding carboxylic acids is 1. The van der Waals surface area contributed by atoms with E-state index in [4.69, 9.17) is 0 Å². The fourth-order valence-electron chi connectivity index (χ4n) is 3.56. The lowest BCUT2D eigenvalue weighted by molar-refractivity contribution is -0.122. The van der Waals surface area contributed by atoms with Crippen LogP contribution in [-0.2, 0) is 11.3 Å². The molecule has 3 unspecified atom stereocenters. The lowest BCUT2D eigenvalue weighted by Crippen LogP contribution is -2.37. The summed E-state index contributed by atoms with van der Waals surface area (Å²) in [7, 11) is 2.15. The molecule has 1 aliphatic heterocycles. The van der Waals surface area contributed by atoms with Crippen LogP contribution in [0.5, 0.6) is 0 Å². The van der Waals surface area contributed by atoms with Crippen LogP contribution in [-0.4, -0.2) is 43.5 Å². The van der Waals surface area contributed by atoms with Crippen molar-refractivity contribution in [2.24, 2.45) is 11.8 Å². The second-order valence-corrected chi connectivity index (χ2v) is 7.68. The molecule has 0 aromatic heterocycles. The monoisotopic (exact) mass is 345 g/mol. The zero-order chi connectivity index (χ0) is 18.1. The predicted molar refractivity (Wildman–Crippen MR) is 104 cm³/mol. The van der Waals surface area contributed by atoms with Gasteiger partial charge in [-0.25, -0.2) is 0 Å². The molecule has 1 heterocycles. The van der Waals surface area contributed by atoms with Gasteiger partial charge in [0.05, 0.1) is 0 Å². The van der Waals surface area contributed by atoms with Crippen LogP contribution in [0.15, 0.2) is 30.3 Å². The smallest absolute Gasteiger partial charge is 0.220 e. The van der Waals surface area contributed by atoms with E-state index in [0.717, 1.165) is 32.6 Å². The Balaban J connectivity index is 1.62. The maximum Gasteiger partial charge on any atom is 0.220 e. The number of benzene rings is 1. The first kappa shape index (κ1) is 19.9. The molecule has 0 spiro atoms. The van der Waals surface area contributed by atoms with Gasteiger partial charge in [0.2, 0.25) is 5.91 Å². The molecule has 4 nitrogen and oxygen atoms in total. The molecule has 0 bridgehead atoms. The summed E-state index contributed by atoms with van der Waals surface area (Å²) in [5, 5.41) is 6.56. The SMILES string of the molecule is CC(CC(=O)NCCC(C)N(C)Cc1ccccc1)C1CCCNC1. The summed E-state index contributed by atoms with van der Waals surface area (Å²) in [6.45, 7) is 8.34. The molecule has 0 radical (unpaired) electrons. The Hall–Kier alpha value is -1.39. The van der Waals surface area contributed by atoms with Crippen molar-refractivity contribution in [3.05, 3.63) is 35.9 Å². The number of nitrogens with one attached hydrogen (secondary N) is 2. The molecule has 1 fully saturated rings. The van der Waals surface area contributed by atoms with Crippen molar-refractivity contribution in [1.29, 1.82) is 0 Å². The van der Waals surface area contributed by atoms with Gasteiger partial charge in [0, 0.05) is 25.6 Å². The zero-order valence-electron chi connectivity index (χ0n) is 16.1. The summed E-state index contributed by atoms with van der Waals surface area (Å²) in [4.78, 5) is 14.5. The third kappa shape index (κ3) is 7.17. The molecule has 1 aromatic rings. The van der Waals surface area contributed by atoms with E-state index in [-0.39, 0.29) is 5.91 Å². The van der Waals surface area contributed by atoms with E-state index in [0.29, 0.717) is 24.3 Å². The minimum Gasteiger partial charge on any atom is -0.356 e. The van der Waals surface area contributed by atoms with Crippen LogP contribution in [0.2, 0.25) is 0 Å². The van der Waals surface area contributed by atoms with E-state index < -0.39 is 0 Å². The summed E-state index contributed by atoms with van der Waals surface area (Å²) in [5.74, 6) is 1.32. The van der Waals surface area contributed by atoms with E-state index in [9.17, 15) is 4.79 Å². The number of hydrogen-bond acceptors (Lipinski definition) is 3. The van der Waals surface area contributed by atoms with E-state index in [1.54, 1.807) is 0 Å². The van der Waals surface area contributed by atoms with Crippen molar-refractivity contribution in [2.75, 3.05) is 26.7 Å². The van der Waals surface area contributed by atoms with Gasteiger partial charge in [-0.05, 0) is 63.7 Å². The van der Waals surface area contributed by atoms with Crippen LogP contribution in [0.1, 0.15) is 45.1 Å². The van der Waals surface area contributed by atoms with Gasteiger partial charge in [-0.2, -0.15) is 0 Å². The van der Waals surface area contributed by atoms with Gasteiger partial charge in [0.15, 0.2) is 0 Å². The predicted octanol–water partition coefficient (Wildman–Crippen LogP) is 3.04. The average Bonchev–Trinajstić information content (AvgIpc) is 2.63. The van der Waals surface area contributed by atoms with Crippen LogP contribution in [0.3, 0.4) is 0 Å². The Morgan fingerprint density at radius 2 is 2.08 bits per heavy atom. The van der Waals surface area contributed by atoms with Gasteiger partial charge in [-0.3, -0.25) is 9.69 Å². The number of piperidine rings is 1. The first-order valence-electron chi connectivity index (χ1n) is 9.78. The molecule has 25 heavy (non-hydrogen) atoms. The molecule has 4 heteroatoms. The van der Waals surface area contributed by atoms with Crippen molar-refractivity contribution in [3.63, 3.8) is 0 Å². The Morgan fingerprint density at radius 1 is 1.32 bits per heavy atom. The Kier molecular flexibility index (Phi) is 8.42. The molecule has 1 saturated heterocycles. The highest BCUT2D eigenvalue weighted by molar-refractivity contribution is 5.76. The van der Waals surface area contributed by atoms with E-state index in [2.05, 4.69) is 60.7 Å². The van der Waals surface area contributed by atoms with Crippen LogP contribution in [0.25, 0.3) is 0 Å². The van der Waals surface area contributed by atoms with E-state index in [1.807, 2.05) is 6.07 Å². The molecular weight excluding hydrogens is 310 g/mol. The van der Waals surface area contributed by atoms with Crippen molar-refractivity contribution in [1.82, 2.24) is 15.5 Å². The van der Waals surface area contributed by atoms with Crippen molar-refractivity contribution in [2.45, 2.75) is 52.1 Å². The fraction of sp³-hybridized carbons (Fsp3) is 0.667. The van der Waals surface area contributed by atoms with Gasteiger partial charge < -0.3 is 10.6 Å². The van der Waals surface area contributed by atoms with E-state index in [1.165, 1.54) is 18.4 Å². The third-order valence-corrected chi connectivity index (χ3v) is 5.56. The highest BCUT2D eigenvalue weighted by atomic mass is 16.1. The molecule has 1 aromatic carbocycles. The number of nitrogens with zero attached hydrogens (tertiary/aromatic N) is 1. The maximum atomic E-state index is 12.2. The minimum absolute atomic E-state index is 0.205. The van der Waals surface area contributed by atoms with Gasteiger partial charge >= 0.3 is 0 Å². The number of carbonyl (C=O) groups is 1. The van der Waals surface area contributed by atoms with Gasteiger partial charge in [-0.1, -0.05) is 37.3 Å². The Labute approximate surface area is 153 Å². The minimum atomic E-state index is 0.205. The fourth-order valence-corrected chi connectivity index (χ4v) is 3.56. The molecule has 1 aliphatic rings. The molecule has 140 valence electrons. The van der Waals surface area contributed by atoms with Crippen LogP contribution < -0.4 is 10.6 Å². The average molecular weight is 346 g/mol. The topological polar surface area (TPSA) is 44.4 Å². The zero-order valence-corrected chi connectivity index (χ0v) is 16.1. The van der Waals surface area contributed by atoms with Crippen molar-refractivity contribution < 1.29 is 4.79 Å². The number of hydrogen-bond donors (Lipinski definition) is 2. The Morgan fingerprint density at radius 3 is 2.76 bits per heavy atom. The third-order valence-electron chi connectivity index (χ3n) is 5.56. The van der Waals surface area contributed by atoms with Crippen LogP contribution >= 0.6 is 0 Å². The second kappa shape index (κ2) is 10.6. The summed E-state index contributed by atoms with van der Waals surface area (Å²) in [5.41, 5.74) is 1.33. The molecule has 0 aliphatic carbocycles. The van der Waals surface area contributed by atoms with Gasteiger partial charge in [-0.15, -0.1) is 0 Å². The first-order valence-corrected chi connectivity index (χ1v) is 9.78. The highest BCUT2D eigenvalue weighted by Crippen LogP contribution is 2.22. The summed E-state index contributed by atoms with van der Waals surface area (Å²) in [6, 6.07) is 11.0. The molecular formula is C21H35N3O. The number of rotatable bonds is 9. The first-order chi connectivity index (χ1) is 12.1. The van der Waals surface area contributed by atoms with Crippen molar-refractivity contribution >= 4 is 5.91 Å². The summed E-state index contributed by atoms with van der Waals surface area (Å²) >= 11 is 0. The molecule has 2 rings (SSSR count). The normalized spacial score (nSPS) is 20.2. The maximum absolute atomic E-state index is 12.2. The molecule has 0 saturated carbocycles. The highest BCUT2D eigenvalue weighted by Gasteiger charge is 2.22. The largest absolute Gasteiger partial charge is 0.356 e. The second-order valence-electron chi connectivity index (χ2n) is 7.68. The summed E-state index contributed by atoms with van der Waals surface area (Å²) < 4.78 is 0. The van der Waals surface area contributed by atoms with E-state index >= 15 is 0 Å². The van der Waals surface area contributed by atoms with Gasteiger partial charge in [0.1, 0.15) is 0 Å². The summed E-state index contributed by atoms with van der Waals surface area (Å²) in [6.07, 6.45) is 4.12. The molecule has 3 atom stereocenters. The van der Waals surface area contributed by atoms with Gasteiger partial charge in [0.25, 0.3) is 0 Å². The standard InChI is InChI=1S/C21H35N3O/c1-17(20-10-7-12-22-15-20)14-21(25)23-13-11-18(2)24(3)16-19-8-5-4-6-9-19/h4-6,8-9,17-18,20,22H,7,10-16H2,1-3H3,(H,23,25). The lowest BCUT2D eigenvalue weighted by atomic mass is 9.85.